The quantitative estimate of drug-likeness (QED) is 0.394. The van der Waals surface area contributed by atoms with Gasteiger partial charge in [0.2, 0.25) is 0 Å². The zero-order valence-corrected chi connectivity index (χ0v) is 16.6. The number of alkyl halides is 4. The molecule has 0 N–H and O–H groups in total. The van der Waals surface area contributed by atoms with E-state index in [1.165, 1.54) is 12.8 Å². The van der Waals surface area contributed by atoms with Crippen LogP contribution in [-0.4, -0.2) is 6.47 Å². The van der Waals surface area contributed by atoms with E-state index in [1.54, 1.807) is 6.42 Å². The van der Waals surface area contributed by atoms with Gasteiger partial charge in [-0.05, 0) is 66.6 Å². The van der Waals surface area contributed by atoms with Crippen molar-refractivity contribution in [3.05, 3.63) is 0 Å². The highest BCUT2D eigenvalue weighted by Crippen LogP contribution is 3.03. The number of hydrogen-bond donors (Lipinski definition) is 0. The van der Waals surface area contributed by atoms with Gasteiger partial charge in [0.05, 0.1) is 6.47 Å². The van der Waals surface area contributed by atoms with Crippen LogP contribution >= 0.6 is 63.7 Å². The average molecular weight is 514 g/mol. The van der Waals surface area contributed by atoms with Crippen LogP contribution in [0.2, 0.25) is 0 Å². The summed E-state index contributed by atoms with van der Waals surface area (Å²) in [4.78, 5) is 0. The van der Waals surface area contributed by atoms with Crippen molar-refractivity contribution in [1.82, 2.24) is 0 Å². The van der Waals surface area contributed by atoms with Gasteiger partial charge in [0, 0.05) is 10.8 Å². The summed E-state index contributed by atoms with van der Waals surface area (Å²) in [6.45, 7) is 0. The molecule has 10 atom stereocenters. The molecular formula is C15H14Br4. The Morgan fingerprint density at radius 2 is 1.00 bits per heavy atom. The largest absolute Gasteiger partial charge is 0.0874 e. The van der Waals surface area contributed by atoms with Crippen molar-refractivity contribution < 1.29 is 0 Å². The fraction of sp³-hybridized carbons (Fsp3) is 1.00. The molecule has 7 fully saturated rings. The number of halogens is 4. The average Bonchev–Trinajstić information content (AvgIpc) is 2.76. The molecule has 2 spiro atoms. The topological polar surface area (TPSA) is 0 Å². The first-order valence-corrected chi connectivity index (χ1v) is 10.8. The normalized spacial score (nSPS) is 80.2. The lowest BCUT2D eigenvalue weighted by Crippen LogP contribution is -2.51. The monoisotopic (exact) mass is 510 g/mol. The van der Waals surface area contributed by atoms with E-state index in [-0.39, 0.29) is 0 Å². The third kappa shape index (κ3) is 0.757. The Bertz CT molecular complexity index is 531. The summed E-state index contributed by atoms with van der Waals surface area (Å²) in [5.74, 6) is 8.64. The fourth-order valence-corrected chi connectivity index (χ4v) is 13.1. The second-order valence-electron chi connectivity index (χ2n) is 8.66. The first kappa shape index (κ1) is 11.5. The predicted molar refractivity (Wildman–Crippen MR) is 87.8 cm³/mol. The van der Waals surface area contributed by atoms with Crippen molar-refractivity contribution in [2.75, 3.05) is 0 Å². The van der Waals surface area contributed by atoms with Gasteiger partial charge in [-0.3, -0.25) is 0 Å². The van der Waals surface area contributed by atoms with Crippen molar-refractivity contribution in [2.45, 2.75) is 25.7 Å². The minimum atomic E-state index is 0.313. The molecule has 0 aromatic rings. The molecule has 0 radical (unpaired) electrons. The van der Waals surface area contributed by atoms with Crippen LogP contribution in [0.25, 0.3) is 0 Å². The molecule has 0 aliphatic heterocycles. The third-order valence-electron chi connectivity index (χ3n) is 9.02. The molecule has 19 heavy (non-hydrogen) atoms. The Hall–Kier alpha value is 1.92. The van der Waals surface area contributed by atoms with Gasteiger partial charge < -0.3 is 0 Å². The highest BCUT2D eigenvalue weighted by Gasteiger charge is 3.00. The van der Waals surface area contributed by atoms with E-state index in [0.717, 1.165) is 47.3 Å². The molecule has 7 aliphatic carbocycles. The molecule has 0 nitrogen and oxygen atoms in total. The van der Waals surface area contributed by atoms with E-state index in [4.69, 9.17) is 0 Å². The lowest BCUT2D eigenvalue weighted by Gasteiger charge is -2.53. The summed E-state index contributed by atoms with van der Waals surface area (Å²) in [6.07, 6.45) is 4.40. The van der Waals surface area contributed by atoms with Crippen LogP contribution in [0.3, 0.4) is 0 Å². The maximum absolute atomic E-state index is 4.05. The predicted octanol–water partition coefficient (Wildman–Crippen LogP) is 5.13. The SMILES string of the molecule is BrC1(Br)CC12C1C3C4C1C1(CC1(Br)Br)C1C2[C@@H]3C[C@@H]41. The lowest BCUT2D eigenvalue weighted by molar-refractivity contribution is -0.0556. The maximum Gasteiger partial charge on any atom is 0.0874 e. The van der Waals surface area contributed by atoms with Crippen LogP contribution in [0.1, 0.15) is 19.3 Å². The highest BCUT2D eigenvalue weighted by atomic mass is 79.9. The molecule has 0 saturated heterocycles. The smallest absolute Gasteiger partial charge is 0.0721 e. The van der Waals surface area contributed by atoms with Crippen LogP contribution in [0.4, 0.5) is 0 Å². The standard InChI is InChI=1S/C15H14Br4/c16-14(17)2-12(14)8-4-1-5-7-6(4)10(12)11(7)13(9(5)8)3-15(13,18)19/h4-11H,1-3H2/t4-,5+,6?,7?,8?,9?,10?,11?,12?,13?. The van der Waals surface area contributed by atoms with Crippen LogP contribution in [0.5, 0.6) is 0 Å². The Morgan fingerprint density at radius 3 is 1.32 bits per heavy atom. The van der Waals surface area contributed by atoms with Gasteiger partial charge in [0.1, 0.15) is 0 Å². The molecular weight excluding hydrogens is 500 g/mol. The second-order valence-corrected chi connectivity index (χ2v) is 16.2. The van der Waals surface area contributed by atoms with Gasteiger partial charge in [-0.25, -0.2) is 0 Å². The van der Waals surface area contributed by atoms with Gasteiger partial charge in [-0.1, -0.05) is 63.7 Å². The summed E-state index contributed by atoms with van der Waals surface area (Å²) in [5.41, 5.74) is 1.31. The Morgan fingerprint density at radius 1 is 0.632 bits per heavy atom. The third-order valence-corrected chi connectivity index (χ3v) is 13.1. The van der Waals surface area contributed by atoms with E-state index >= 15 is 0 Å². The first-order chi connectivity index (χ1) is 8.89. The molecule has 2 bridgehead atoms. The van der Waals surface area contributed by atoms with Gasteiger partial charge in [0.15, 0.2) is 0 Å². The van der Waals surface area contributed by atoms with E-state index in [2.05, 4.69) is 63.7 Å². The lowest BCUT2D eigenvalue weighted by atomic mass is 9.52. The van der Waals surface area contributed by atoms with Gasteiger partial charge in [-0.2, -0.15) is 0 Å². The van der Waals surface area contributed by atoms with E-state index in [9.17, 15) is 0 Å². The van der Waals surface area contributed by atoms with Crippen molar-refractivity contribution in [2.24, 2.45) is 58.2 Å². The van der Waals surface area contributed by atoms with Crippen molar-refractivity contribution in [1.29, 1.82) is 0 Å². The summed E-state index contributed by atoms with van der Waals surface area (Å²) in [5, 5.41) is 0. The first-order valence-electron chi connectivity index (χ1n) is 7.64. The van der Waals surface area contributed by atoms with Gasteiger partial charge >= 0.3 is 0 Å². The van der Waals surface area contributed by atoms with E-state index in [0.29, 0.717) is 17.3 Å². The highest BCUT2D eigenvalue weighted by molar-refractivity contribution is 9.26. The van der Waals surface area contributed by atoms with E-state index < -0.39 is 0 Å². The zero-order valence-electron chi connectivity index (χ0n) is 10.3. The van der Waals surface area contributed by atoms with Crippen molar-refractivity contribution >= 4 is 63.7 Å². The van der Waals surface area contributed by atoms with Crippen molar-refractivity contribution in [3.63, 3.8) is 0 Å². The Kier molecular flexibility index (Phi) is 1.54. The van der Waals surface area contributed by atoms with E-state index in [1.807, 2.05) is 0 Å². The minimum absolute atomic E-state index is 0.313. The zero-order chi connectivity index (χ0) is 12.7. The molecule has 0 aromatic heterocycles. The minimum Gasteiger partial charge on any atom is -0.0721 e. The molecule has 7 rings (SSSR count). The molecule has 8 unspecified atom stereocenters. The number of rotatable bonds is 0. The van der Waals surface area contributed by atoms with Crippen LogP contribution in [0, 0.1) is 58.2 Å². The molecule has 4 heteroatoms. The number of hydrogen-bond acceptors (Lipinski definition) is 0. The van der Waals surface area contributed by atoms with Gasteiger partial charge in [-0.15, -0.1) is 0 Å². The second kappa shape index (κ2) is 2.55. The Balaban J connectivity index is 1.52. The number of fused-ring (bicyclic) bond motifs is 6. The summed E-state index contributed by atoms with van der Waals surface area (Å²) < 4.78 is 0.627. The molecule has 7 saturated carbocycles. The molecule has 0 amide bonds. The van der Waals surface area contributed by atoms with Crippen molar-refractivity contribution in [3.8, 4) is 0 Å². The summed E-state index contributed by atoms with van der Waals surface area (Å²) in [6, 6.07) is 0. The van der Waals surface area contributed by atoms with Crippen LogP contribution in [0.15, 0.2) is 0 Å². The molecule has 0 aromatic carbocycles. The maximum atomic E-state index is 4.05. The summed E-state index contributed by atoms with van der Waals surface area (Å²) >= 11 is 16.2. The van der Waals surface area contributed by atoms with Crippen LogP contribution in [-0.2, 0) is 0 Å². The fourth-order valence-electron chi connectivity index (χ4n) is 9.12. The molecule has 102 valence electrons. The summed E-state index contributed by atoms with van der Waals surface area (Å²) in [7, 11) is 0. The van der Waals surface area contributed by atoms with Crippen LogP contribution < -0.4 is 0 Å². The van der Waals surface area contributed by atoms with Gasteiger partial charge in [0.25, 0.3) is 0 Å². The molecule has 0 heterocycles. The molecule has 7 aliphatic rings. The Labute approximate surface area is 146 Å².